The van der Waals surface area contributed by atoms with Gasteiger partial charge in [-0.15, -0.1) is 5.10 Å². The minimum absolute atomic E-state index is 0.382. The van der Waals surface area contributed by atoms with Crippen molar-refractivity contribution in [3.05, 3.63) is 85.1 Å². The molecule has 138 valence electrons. The van der Waals surface area contributed by atoms with Crippen LogP contribution in [-0.2, 0) is 4.74 Å². The number of carbonyl (C=O) groups is 1. The zero-order valence-electron chi connectivity index (χ0n) is 15.1. The van der Waals surface area contributed by atoms with Crippen LogP contribution < -0.4 is 5.32 Å². The van der Waals surface area contributed by atoms with E-state index in [4.69, 9.17) is 4.74 Å². The molecule has 7 nitrogen and oxygen atoms in total. The van der Waals surface area contributed by atoms with Gasteiger partial charge in [0.2, 0.25) is 0 Å². The average Bonchev–Trinajstić information content (AvgIpc) is 3.18. The fraction of sp³-hybridized carbons (Fsp3) is 0.0476. The maximum atomic E-state index is 12.1. The maximum Gasteiger partial charge on any atom is 0.340 e. The van der Waals surface area contributed by atoms with Gasteiger partial charge >= 0.3 is 5.97 Å². The number of anilines is 2. The highest BCUT2D eigenvalue weighted by atomic mass is 16.5. The topological polar surface area (TPSA) is 81.9 Å². The van der Waals surface area contributed by atoms with Crippen molar-refractivity contribution in [3.8, 4) is 16.8 Å². The molecule has 4 aromatic rings. The van der Waals surface area contributed by atoms with E-state index < -0.39 is 5.97 Å². The van der Waals surface area contributed by atoms with Gasteiger partial charge in [0.05, 0.1) is 30.2 Å². The Morgan fingerprint density at radius 1 is 1.00 bits per heavy atom. The zero-order valence-corrected chi connectivity index (χ0v) is 15.1. The highest BCUT2D eigenvalue weighted by Crippen LogP contribution is 2.31. The SMILES string of the molecule is COC(=O)c1ccncc1Nc1nn(-c2ccccc2)cc1-c1ccncc1. The molecule has 3 aromatic heterocycles. The van der Waals surface area contributed by atoms with Gasteiger partial charge in [-0.1, -0.05) is 18.2 Å². The Hall–Kier alpha value is -4.00. The Labute approximate surface area is 161 Å². The number of nitrogens with one attached hydrogen (secondary N) is 1. The summed E-state index contributed by atoms with van der Waals surface area (Å²) in [5.41, 5.74) is 3.63. The number of hydrogen-bond acceptors (Lipinski definition) is 6. The number of benzene rings is 1. The van der Waals surface area contributed by atoms with E-state index in [-0.39, 0.29) is 0 Å². The molecule has 1 aromatic carbocycles. The Kier molecular flexibility index (Phi) is 4.79. The van der Waals surface area contributed by atoms with Crippen LogP contribution in [0.4, 0.5) is 11.5 Å². The lowest BCUT2D eigenvalue weighted by molar-refractivity contribution is 0.0602. The molecule has 0 amide bonds. The van der Waals surface area contributed by atoms with Crippen LogP contribution in [0.3, 0.4) is 0 Å². The lowest BCUT2D eigenvalue weighted by atomic mass is 10.1. The van der Waals surface area contributed by atoms with Crippen LogP contribution in [0.1, 0.15) is 10.4 Å². The second-order valence-corrected chi connectivity index (χ2v) is 5.95. The molecule has 0 saturated carbocycles. The number of carbonyl (C=O) groups excluding carboxylic acids is 1. The number of para-hydroxylation sites is 1. The van der Waals surface area contributed by atoms with Crippen LogP contribution in [0.5, 0.6) is 0 Å². The molecular formula is C21H17N5O2. The van der Waals surface area contributed by atoms with Crippen LogP contribution >= 0.6 is 0 Å². The van der Waals surface area contributed by atoms with Gasteiger partial charge in [0.1, 0.15) is 0 Å². The molecule has 3 heterocycles. The van der Waals surface area contributed by atoms with E-state index in [2.05, 4.69) is 20.4 Å². The second kappa shape index (κ2) is 7.71. The van der Waals surface area contributed by atoms with Crippen LogP contribution in [0.15, 0.2) is 79.5 Å². The molecule has 0 spiro atoms. The summed E-state index contributed by atoms with van der Waals surface area (Å²) in [6.07, 6.45) is 8.50. The quantitative estimate of drug-likeness (QED) is 0.537. The molecular weight excluding hydrogens is 354 g/mol. The third-order valence-corrected chi connectivity index (χ3v) is 4.21. The Bertz CT molecular complexity index is 1090. The van der Waals surface area contributed by atoms with Gasteiger partial charge in [-0.25, -0.2) is 9.48 Å². The molecule has 0 aliphatic rings. The normalized spacial score (nSPS) is 10.5. The third-order valence-electron chi connectivity index (χ3n) is 4.21. The smallest absolute Gasteiger partial charge is 0.340 e. The summed E-state index contributed by atoms with van der Waals surface area (Å²) in [5, 5.41) is 7.91. The predicted molar refractivity (Wildman–Crippen MR) is 106 cm³/mol. The molecule has 4 rings (SSSR count). The summed E-state index contributed by atoms with van der Waals surface area (Å²) in [5.74, 6) is 0.144. The fourth-order valence-corrected chi connectivity index (χ4v) is 2.83. The van der Waals surface area contributed by atoms with Gasteiger partial charge in [-0.05, 0) is 35.9 Å². The van der Waals surface area contributed by atoms with Crippen molar-refractivity contribution in [3.63, 3.8) is 0 Å². The Balaban J connectivity index is 1.80. The molecule has 0 radical (unpaired) electrons. The summed E-state index contributed by atoms with van der Waals surface area (Å²) in [6, 6.07) is 15.2. The monoisotopic (exact) mass is 371 g/mol. The number of aromatic nitrogens is 4. The van der Waals surface area contributed by atoms with Gasteiger partial charge in [-0.3, -0.25) is 9.97 Å². The fourth-order valence-electron chi connectivity index (χ4n) is 2.83. The lowest BCUT2D eigenvalue weighted by Gasteiger charge is -2.09. The van der Waals surface area contributed by atoms with Crippen molar-refractivity contribution in [2.75, 3.05) is 12.4 Å². The molecule has 0 fully saturated rings. The number of ether oxygens (including phenoxy) is 1. The molecule has 0 aliphatic heterocycles. The van der Waals surface area contributed by atoms with Crippen molar-refractivity contribution in [1.29, 1.82) is 0 Å². The van der Waals surface area contributed by atoms with E-state index in [0.717, 1.165) is 16.8 Å². The van der Waals surface area contributed by atoms with Gasteiger partial charge < -0.3 is 10.1 Å². The zero-order chi connectivity index (χ0) is 19.3. The van der Waals surface area contributed by atoms with Crippen molar-refractivity contribution in [1.82, 2.24) is 19.7 Å². The summed E-state index contributed by atoms with van der Waals surface area (Å²) in [6.45, 7) is 0. The predicted octanol–water partition coefficient (Wildman–Crippen LogP) is 3.86. The first-order valence-corrected chi connectivity index (χ1v) is 8.61. The number of methoxy groups -OCH3 is 1. The van der Waals surface area contributed by atoms with E-state index in [1.165, 1.54) is 7.11 Å². The van der Waals surface area contributed by atoms with Crippen molar-refractivity contribution >= 4 is 17.5 Å². The molecule has 0 saturated heterocycles. The average molecular weight is 371 g/mol. The van der Waals surface area contributed by atoms with Crippen LogP contribution in [-0.4, -0.2) is 32.8 Å². The van der Waals surface area contributed by atoms with E-state index >= 15 is 0 Å². The van der Waals surface area contributed by atoms with E-state index in [1.807, 2.05) is 48.7 Å². The highest BCUT2D eigenvalue weighted by molar-refractivity contribution is 5.96. The molecule has 0 atom stereocenters. The summed E-state index contributed by atoms with van der Waals surface area (Å²) < 4.78 is 6.65. The molecule has 28 heavy (non-hydrogen) atoms. The summed E-state index contributed by atoms with van der Waals surface area (Å²) in [4.78, 5) is 20.3. The van der Waals surface area contributed by atoms with Crippen LogP contribution in [0.25, 0.3) is 16.8 Å². The van der Waals surface area contributed by atoms with E-state index in [1.54, 1.807) is 35.5 Å². The molecule has 0 bridgehead atoms. The number of esters is 1. The number of pyridine rings is 2. The highest BCUT2D eigenvalue weighted by Gasteiger charge is 2.17. The van der Waals surface area contributed by atoms with Crippen molar-refractivity contribution < 1.29 is 9.53 Å². The first kappa shape index (κ1) is 17.4. The van der Waals surface area contributed by atoms with Gasteiger partial charge in [-0.2, -0.15) is 0 Å². The standard InChI is InChI=1S/C21H17N5O2/c1-28-21(27)17-9-12-23-13-19(17)24-20-18(15-7-10-22-11-8-15)14-26(25-20)16-5-3-2-4-6-16/h2-14H,1H3,(H,24,25). The molecule has 7 heteroatoms. The lowest BCUT2D eigenvalue weighted by Crippen LogP contribution is -2.06. The number of hydrogen-bond donors (Lipinski definition) is 1. The Morgan fingerprint density at radius 3 is 2.50 bits per heavy atom. The van der Waals surface area contributed by atoms with Crippen LogP contribution in [0, 0.1) is 0 Å². The number of nitrogens with zero attached hydrogens (tertiary/aromatic N) is 4. The number of rotatable bonds is 5. The van der Waals surface area contributed by atoms with Gasteiger partial charge in [0.25, 0.3) is 0 Å². The minimum Gasteiger partial charge on any atom is -0.465 e. The van der Waals surface area contributed by atoms with Crippen molar-refractivity contribution in [2.24, 2.45) is 0 Å². The minimum atomic E-state index is -0.446. The second-order valence-electron chi connectivity index (χ2n) is 5.95. The van der Waals surface area contributed by atoms with E-state index in [9.17, 15) is 4.79 Å². The first-order valence-electron chi connectivity index (χ1n) is 8.61. The molecule has 0 unspecified atom stereocenters. The molecule has 1 N–H and O–H groups in total. The Morgan fingerprint density at radius 2 is 1.75 bits per heavy atom. The van der Waals surface area contributed by atoms with E-state index in [0.29, 0.717) is 17.1 Å². The molecule has 0 aliphatic carbocycles. The first-order chi connectivity index (χ1) is 13.8. The summed E-state index contributed by atoms with van der Waals surface area (Å²) in [7, 11) is 1.35. The summed E-state index contributed by atoms with van der Waals surface area (Å²) >= 11 is 0. The maximum absolute atomic E-state index is 12.1. The van der Waals surface area contributed by atoms with Gasteiger partial charge in [0.15, 0.2) is 5.82 Å². The van der Waals surface area contributed by atoms with Crippen LogP contribution in [0.2, 0.25) is 0 Å². The largest absolute Gasteiger partial charge is 0.465 e. The third kappa shape index (κ3) is 3.45. The van der Waals surface area contributed by atoms with Gasteiger partial charge in [0, 0.05) is 30.4 Å². The van der Waals surface area contributed by atoms with Crippen molar-refractivity contribution in [2.45, 2.75) is 0 Å².